The largest absolute Gasteiger partial charge is 0.345 e. The van der Waals surface area contributed by atoms with E-state index in [1.54, 1.807) is 0 Å². The summed E-state index contributed by atoms with van der Waals surface area (Å²) < 4.78 is 0. The van der Waals surface area contributed by atoms with Crippen molar-refractivity contribution in [3.8, 4) is 0 Å². The smallest absolute Gasteiger partial charge is 0.101 e. The molecule has 0 aliphatic rings. The number of allylic oxidation sites excluding steroid dienone is 1. The third kappa shape index (κ3) is 3.31. The second kappa shape index (κ2) is 6.18. The first-order valence-corrected chi connectivity index (χ1v) is 6.40. The molecule has 0 spiro atoms. The maximum Gasteiger partial charge on any atom is 0.101 e. The average molecular weight is 238 g/mol. The van der Waals surface area contributed by atoms with Crippen LogP contribution in [-0.4, -0.2) is 7.05 Å². The van der Waals surface area contributed by atoms with Gasteiger partial charge < -0.3 is 5.32 Å². The van der Waals surface area contributed by atoms with Crippen LogP contribution in [0.25, 0.3) is 11.6 Å². The Balaban J connectivity index is 2.18. The molecular formula is C17H20N+. The molecule has 2 N–H and O–H groups in total. The molecule has 0 aliphatic carbocycles. The van der Waals surface area contributed by atoms with Gasteiger partial charge in [0.2, 0.25) is 0 Å². The highest BCUT2D eigenvalue weighted by atomic mass is 14.8. The number of rotatable bonds is 4. The van der Waals surface area contributed by atoms with Crippen molar-refractivity contribution in [3.63, 3.8) is 0 Å². The summed E-state index contributed by atoms with van der Waals surface area (Å²) in [6.45, 7) is 3.20. The minimum Gasteiger partial charge on any atom is -0.345 e. The van der Waals surface area contributed by atoms with Gasteiger partial charge in [0, 0.05) is 5.56 Å². The third-order valence-corrected chi connectivity index (χ3v) is 3.03. The molecule has 92 valence electrons. The zero-order valence-electron chi connectivity index (χ0n) is 11.1. The van der Waals surface area contributed by atoms with Crippen LogP contribution in [0.4, 0.5) is 0 Å². The van der Waals surface area contributed by atoms with E-state index in [1.165, 1.54) is 22.3 Å². The van der Waals surface area contributed by atoms with Crippen LogP contribution in [0.1, 0.15) is 23.6 Å². The summed E-state index contributed by atoms with van der Waals surface area (Å²) in [5, 5.41) is 2.18. The number of quaternary nitrogens is 1. The Labute approximate surface area is 109 Å². The average Bonchev–Trinajstić information content (AvgIpc) is 2.41. The van der Waals surface area contributed by atoms with Crippen molar-refractivity contribution in [2.75, 3.05) is 7.05 Å². The molecule has 18 heavy (non-hydrogen) atoms. The summed E-state index contributed by atoms with van der Waals surface area (Å²) in [5.41, 5.74) is 5.21. The summed E-state index contributed by atoms with van der Waals surface area (Å²) in [5.74, 6) is 0. The molecule has 1 nitrogen and oxygen atoms in total. The van der Waals surface area contributed by atoms with Gasteiger partial charge in [0.05, 0.1) is 7.05 Å². The van der Waals surface area contributed by atoms with Crippen LogP contribution in [0.3, 0.4) is 0 Å². The van der Waals surface area contributed by atoms with E-state index in [0.717, 1.165) is 6.54 Å². The Hall–Kier alpha value is -1.86. The normalized spacial score (nSPS) is 11.6. The van der Waals surface area contributed by atoms with Crippen LogP contribution in [0.2, 0.25) is 0 Å². The summed E-state index contributed by atoms with van der Waals surface area (Å²) in [4.78, 5) is 0. The molecule has 0 aliphatic heterocycles. The minimum atomic E-state index is 1.04. The maximum absolute atomic E-state index is 2.22. The van der Waals surface area contributed by atoms with Crippen molar-refractivity contribution in [3.05, 3.63) is 71.3 Å². The van der Waals surface area contributed by atoms with Crippen molar-refractivity contribution in [2.24, 2.45) is 0 Å². The van der Waals surface area contributed by atoms with Gasteiger partial charge in [-0.15, -0.1) is 0 Å². The molecule has 0 bridgehead atoms. The van der Waals surface area contributed by atoms with E-state index in [0.29, 0.717) is 0 Å². The fourth-order valence-corrected chi connectivity index (χ4v) is 2.02. The van der Waals surface area contributed by atoms with Gasteiger partial charge in [-0.2, -0.15) is 0 Å². The topological polar surface area (TPSA) is 16.6 Å². The fourth-order valence-electron chi connectivity index (χ4n) is 2.02. The molecule has 0 saturated carbocycles. The predicted molar refractivity (Wildman–Crippen MR) is 78.0 cm³/mol. The lowest BCUT2D eigenvalue weighted by Crippen LogP contribution is -2.77. The molecule has 0 radical (unpaired) electrons. The Morgan fingerprint density at radius 1 is 1.00 bits per heavy atom. The van der Waals surface area contributed by atoms with Gasteiger partial charge in [-0.25, -0.2) is 0 Å². The number of nitrogens with two attached hydrogens (primary N) is 1. The standard InChI is InChI=1S/C17H19N/c1-14(12-15-6-4-3-5-7-15)17-10-8-16(9-11-17)13-18-2/h3-12,18H,13H2,1-2H3/p+1/b14-12-. The summed E-state index contributed by atoms with van der Waals surface area (Å²) in [6, 6.07) is 19.3. The van der Waals surface area contributed by atoms with Gasteiger partial charge in [0.15, 0.2) is 0 Å². The van der Waals surface area contributed by atoms with E-state index in [1.807, 2.05) is 6.07 Å². The van der Waals surface area contributed by atoms with Crippen LogP contribution in [0, 0.1) is 0 Å². The maximum atomic E-state index is 2.22. The Bertz CT molecular complexity index is 509. The van der Waals surface area contributed by atoms with Gasteiger partial charge in [-0.05, 0) is 23.6 Å². The Kier molecular flexibility index (Phi) is 4.32. The van der Waals surface area contributed by atoms with Crippen molar-refractivity contribution in [1.82, 2.24) is 0 Å². The highest BCUT2D eigenvalue weighted by Gasteiger charge is 1.98. The molecule has 2 rings (SSSR count). The first kappa shape index (κ1) is 12.6. The number of benzene rings is 2. The number of hydrogen-bond acceptors (Lipinski definition) is 0. The highest BCUT2D eigenvalue weighted by molar-refractivity contribution is 5.80. The van der Waals surface area contributed by atoms with E-state index in [9.17, 15) is 0 Å². The lowest BCUT2D eigenvalue weighted by atomic mass is 10.0. The van der Waals surface area contributed by atoms with Gasteiger partial charge in [-0.3, -0.25) is 0 Å². The molecule has 2 aromatic carbocycles. The lowest BCUT2D eigenvalue weighted by molar-refractivity contribution is -0.643. The molecule has 0 heterocycles. The Morgan fingerprint density at radius 3 is 2.28 bits per heavy atom. The Morgan fingerprint density at radius 2 is 1.67 bits per heavy atom. The van der Waals surface area contributed by atoms with Crippen LogP contribution in [0.5, 0.6) is 0 Å². The second-order valence-electron chi connectivity index (χ2n) is 4.55. The molecule has 0 fully saturated rings. The zero-order chi connectivity index (χ0) is 12.8. The van der Waals surface area contributed by atoms with E-state index in [4.69, 9.17) is 0 Å². The van der Waals surface area contributed by atoms with E-state index in [-0.39, 0.29) is 0 Å². The molecule has 0 aromatic heterocycles. The van der Waals surface area contributed by atoms with E-state index < -0.39 is 0 Å². The summed E-state index contributed by atoms with van der Waals surface area (Å²) in [7, 11) is 2.09. The van der Waals surface area contributed by atoms with Crippen LogP contribution in [-0.2, 0) is 6.54 Å². The fraction of sp³-hybridized carbons (Fsp3) is 0.176. The summed E-state index contributed by atoms with van der Waals surface area (Å²) >= 11 is 0. The predicted octanol–water partition coefficient (Wildman–Crippen LogP) is 2.94. The van der Waals surface area contributed by atoms with E-state index >= 15 is 0 Å². The molecule has 0 amide bonds. The third-order valence-electron chi connectivity index (χ3n) is 3.03. The quantitative estimate of drug-likeness (QED) is 0.789. The van der Waals surface area contributed by atoms with Crippen molar-refractivity contribution in [2.45, 2.75) is 13.5 Å². The van der Waals surface area contributed by atoms with Crippen LogP contribution in [0.15, 0.2) is 54.6 Å². The van der Waals surface area contributed by atoms with Gasteiger partial charge in [0.25, 0.3) is 0 Å². The highest BCUT2D eigenvalue weighted by Crippen LogP contribution is 2.17. The van der Waals surface area contributed by atoms with Crippen molar-refractivity contribution in [1.29, 1.82) is 0 Å². The molecule has 0 saturated heterocycles. The second-order valence-corrected chi connectivity index (χ2v) is 4.55. The SMILES string of the molecule is C[NH2+]Cc1ccc(/C(C)=C\c2ccccc2)cc1. The molecular weight excluding hydrogens is 218 g/mol. The van der Waals surface area contributed by atoms with Gasteiger partial charge in [0.1, 0.15) is 6.54 Å². The first-order valence-electron chi connectivity index (χ1n) is 6.40. The zero-order valence-corrected chi connectivity index (χ0v) is 11.1. The van der Waals surface area contributed by atoms with Crippen molar-refractivity contribution < 1.29 is 5.32 Å². The number of hydrogen-bond donors (Lipinski definition) is 1. The first-order chi connectivity index (χ1) is 8.79. The van der Waals surface area contributed by atoms with Crippen LogP contribution >= 0.6 is 0 Å². The monoisotopic (exact) mass is 238 g/mol. The van der Waals surface area contributed by atoms with Gasteiger partial charge in [-0.1, -0.05) is 60.7 Å². The molecule has 2 aromatic rings. The van der Waals surface area contributed by atoms with Crippen LogP contribution < -0.4 is 5.32 Å². The van der Waals surface area contributed by atoms with Gasteiger partial charge >= 0.3 is 0 Å². The van der Waals surface area contributed by atoms with E-state index in [2.05, 4.69) is 73.9 Å². The summed E-state index contributed by atoms with van der Waals surface area (Å²) in [6.07, 6.45) is 2.22. The molecule has 0 unspecified atom stereocenters. The minimum absolute atomic E-state index is 1.04. The lowest BCUT2D eigenvalue weighted by Gasteiger charge is -2.04. The molecule has 0 atom stereocenters. The molecule has 1 heteroatoms. The van der Waals surface area contributed by atoms with Crippen molar-refractivity contribution >= 4 is 11.6 Å².